The minimum absolute atomic E-state index is 0.260. The number of hydrogen-bond acceptors (Lipinski definition) is 2. The number of anilines is 1. The predicted molar refractivity (Wildman–Crippen MR) is 102 cm³/mol. The van der Waals surface area contributed by atoms with Crippen LogP contribution in [0.5, 0.6) is 0 Å². The van der Waals surface area contributed by atoms with Gasteiger partial charge in [0.2, 0.25) is 0 Å². The Labute approximate surface area is 152 Å². The van der Waals surface area contributed by atoms with Crippen LogP contribution in [0.1, 0.15) is 42.3 Å². The largest absolute Gasteiger partial charge is 0.451 e. The first-order valence-corrected chi connectivity index (χ1v) is 8.72. The van der Waals surface area contributed by atoms with Gasteiger partial charge >= 0.3 is 0 Å². The Morgan fingerprint density at radius 2 is 1.92 bits per heavy atom. The molecule has 3 nitrogen and oxygen atoms in total. The highest BCUT2D eigenvalue weighted by Crippen LogP contribution is 2.28. The monoisotopic (exact) mass is 353 g/mol. The van der Waals surface area contributed by atoms with Crippen LogP contribution < -0.4 is 5.32 Å². The number of hydrogen-bond donors (Lipinski definition) is 1. The highest BCUT2D eigenvalue weighted by atomic mass is 35.5. The fourth-order valence-electron chi connectivity index (χ4n) is 2.70. The number of furan rings is 1. The van der Waals surface area contributed by atoms with Crippen molar-refractivity contribution in [1.29, 1.82) is 0 Å². The van der Waals surface area contributed by atoms with Crippen LogP contribution >= 0.6 is 11.6 Å². The van der Waals surface area contributed by atoms with Gasteiger partial charge in [-0.3, -0.25) is 4.79 Å². The highest BCUT2D eigenvalue weighted by Gasteiger charge is 2.15. The number of halogens is 1. The molecule has 0 aliphatic rings. The van der Waals surface area contributed by atoms with E-state index in [1.165, 1.54) is 0 Å². The molecule has 1 heterocycles. The fourth-order valence-corrected chi connectivity index (χ4v) is 2.89. The SMILES string of the molecule is CC[C@H](C)c1ccccc1NC(=O)c1ccc(-c2cccc(Cl)c2)o1. The summed E-state index contributed by atoms with van der Waals surface area (Å²) in [6.07, 6.45) is 1.01. The Morgan fingerprint density at radius 1 is 1.12 bits per heavy atom. The molecule has 0 aliphatic heterocycles. The average Bonchev–Trinajstić information content (AvgIpc) is 3.12. The lowest BCUT2D eigenvalue weighted by Crippen LogP contribution is -2.13. The molecule has 25 heavy (non-hydrogen) atoms. The zero-order valence-electron chi connectivity index (χ0n) is 14.3. The van der Waals surface area contributed by atoms with E-state index in [1.54, 1.807) is 24.3 Å². The first-order valence-electron chi connectivity index (χ1n) is 8.34. The quantitative estimate of drug-likeness (QED) is 0.579. The smallest absolute Gasteiger partial charge is 0.291 e. The van der Waals surface area contributed by atoms with E-state index < -0.39 is 0 Å². The Hall–Kier alpha value is -2.52. The summed E-state index contributed by atoms with van der Waals surface area (Å²) in [7, 11) is 0. The zero-order chi connectivity index (χ0) is 17.8. The van der Waals surface area contributed by atoms with Gasteiger partial charge in [-0.1, -0.05) is 55.8 Å². The maximum atomic E-state index is 12.6. The maximum Gasteiger partial charge on any atom is 0.291 e. The van der Waals surface area contributed by atoms with E-state index in [2.05, 4.69) is 19.2 Å². The standard InChI is InChI=1S/C21H20ClNO2/c1-3-14(2)17-9-4-5-10-18(17)23-21(24)20-12-11-19(25-20)15-7-6-8-16(22)13-15/h4-14H,3H2,1-2H3,(H,23,24)/t14-/m0/s1. The van der Waals surface area contributed by atoms with Gasteiger partial charge in [-0.25, -0.2) is 0 Å². The van der Waals surface area contributed by atoms with Crippen LogP contribution in [-0.4, -0.2) is 5.91 Å². The third-order valence-corrected chi connectivity index (χ3v) is 4.53. The van der Waals surface area contributed by atoms with E-state index in [4.69, 9.17) is 16.0 Å². The summed E-state index contributed by atoms with van der Waals surface area (Å²) < 4.78 is 5.71. The molecule has 1 aromatic heterocycles. The zero-order valence-corrected chi connectivity index (χ0v) is 15.0. The summed E-state index contributed by atoms with van der Waals surface area (Å²) in [6.45, 7) is 4.28. The molecule has 0 saturated carbocycles. The van der Waals surface area contributed by atoms with E-state index >= 15 is 0 Å². The van der Waals surface area contributed by atoms with Gasteiger partial charge in [0.1, 0.15) is 5.76 Å². The third-order valence-electron chi connectivity index (χ3n) is 4.29. The van der Waals surface area contributed by atoms with Gasteiger partial charge in [0, 0.05) is 16.3 Å². The molecule has 128 valence electrons. The first-order chi connectivity index (χ1) is 12.1. The normalized spacial score (nSPS) is 12.0. The van der Waals surface area contributed by atoms with Gasteiger partial charge in [-0.15, -0.1) is 0 Å². The van der Waals surface area contributed by atoms with Crippen LogP contribution in [0, 0.1) is 0 Å². The molecule has 1 amide bonds. The Balaban J connectivity index is 1.81. The van der Waals surface area contributed by atoms with Gasteiger partial charge in [0.15, 0.2) is 5.76 Å². The van der Waals surface area contributed by atoms with Crippen LogP contribution in [0.3, 0.4) is 0 Å². The number of amides is 1. The third kappa shape index (κ3) is 3.94. The van der Waals surface area contributed by atoms with Crippen molar-refractivity contribution >= 4 is 23.2 Å². The van der Waals surface area contributed by atoms with Gasteiger partial charge in [0.25, 0.3) is 5.91 Å². The molecule has 3 aromatic rings. The van der Waals surface area contributed by atoms with Crippen LogP contribution in [0.15, 0.2) is 65.1 Å². The number of nitrogens with one attached hydrogen (secondary N) is 1. The summed E-state index contributed by atoms with van der Waals surface area (Å²) in [6, 6.07) is 18.7. The van der Waals surface area contributed by atoms with Crippen LogP contribution in [0.25, 0.3) is 11.3 Å². The molecular weight excluding hydrogens is 334 g/mol. The number of para-hydroxylation sites is 1. The molecule has 1 N–H and O–H groups in total. The first kappa shape index (κ1) is 17.3. The van der Waals surface area contributed by atoms with Crippen molar-refractivity contribution in [3.8, 4) is 11.3 Å². The van der Waals surface area contributed by atoms with E-state index in [0.29, 0.717) is 16.7 Å². The average molecular weight is 354 g/mol. The van der Waals surface area contributed by atoms with Crippen molar-refractivity contribution in [3.63, 3.8) is 0 Å². The molecule has 0 fully saturated rings. The van der Waals surface area contributed by atoms with E-state index in [0.717, 1.165) is 23.2 Å². The predicted octanol–water partition coefficient (Wildman–Crippen LogP) is 6.37. The summed E-state index contributed by atoms with van der Waals surface area (Å²) in [5.41, 5.74) is 2.79. The number of rotatable bonds is 5. The van der Waals surface area contributed by atoms with Crippen molar-refractivity contribution in [2.75, 3.05) is 5.32 Å². The van der Waals surface area contributed by atoms with Crippen molar-refractivity contribution in [2.45, 2.75) is 26.2 Å². The molecule has 0 bridgehead atoms. The summed E-state index contributed by atoms with van der Waals surface area (Å²) in [5, 5.41) is 3.59. The van der Waals surface area contributed by atoms with Crippen molar-refractivity contribution < 1.29 is 9.21 Å². The molecule has 0 aliphatic carbocycles. The molecule has 2 aromatic carbocycles. The number of carbonyl (C=O) groups is 1. The topological polar surface area (TPSA) is 42.2 Å². The lowest BCUT2D eigenvalue weighted by molar-refractivity contribution is 0.0997. The fraction of sp³-hybridized carbons (Fsp3) is 0.190. The summed E-state index contributed by atoms with van der Waals surface area (Å²) in [5.74, 6) is 0.996. The summed E-state index contributed by atoms with van der Waals surface area (Å²) >= 11 is 6.01. The van der Waals surface area contributed by atoms with E-state index in [9.17, 15) is 4.79 Å². The molecule has 4 heteroatoms. The lowest BCUT2D eigenvalue weighted by atomic mass is 9.97. The van der Waals surface area contributed by atoms with Crippen LogP contribution in [0.4, 0.5) is 5.69 Å². The molecule has 3 rings (SSSR count). The van der Waals surface area contributed by atoms with Gasteiger partial charge in [-0.2, -0.15) is 0 Å². The van der Waals surface area contributed by atoms with Gasteiger partial charge in [-0.05, 0) is 48.2 Å². The van der Waals surface area contributed by atoms with Crippen molar-refractivity contribution in [1.82, 2.24) is 0 Å². The molecule has 0 saturated heterocycles. The van der Waals surface area contributed by atoms with E-state index in [1.807, 2.05) is 36.4 Å². The second-order valence-corrected chi connectivity index (χ2v) is 6.46. The Morgan fingerprint density at radius 3 is 2.68 bits per heavy atom. The van der Waals surface area contributed by atoms with Crippen LogP contribution in [0.2, 0.25) is 5.02 Å². The lowest BCUT2D eigenvalue weighted by Gasteiger charge is -2.15. The second-order valence-electron chi connectivity index (χ2n) is 6.02. The number of benzene rings is 2. The van der Waals surface area contributed by atoms with Crippen LogP contribution in [-0.2, 0) is 0 Å². The van der Waals surface area contributed by atoms with E-state index in [-0.39, 0.29) is 11.7 Å². The molecule has 0 radical (unpaired) electrons. The second kappa shape index (κ2) is 7.58. The maximum absolute atomic E-state index is 12.6. The molecule has 1 atom stereocenters. The summed E-state index contributed by atoms with van der Waals surface area (Å²) in [4.78, 5) is 12.6. The van der Waals surface area contributed by atoms with Crippen molar-refractivity contribution in [3.05, 3.63) is 77.0 Å². The van der Waals surface area contributed by atoms with Gasteiger partial charge in [0.05, 0.1) is 0 Å². The number of carbonyl (C=O) groups excluding carboxylic acids is 1. The van der Waals surface area contributed by atoms with Crippen molar-refractivity contribution in [2.24, 2.45) is 0 Å². The minimum Gasteiger partial charge on any atom is -0.451 e. The Bertz CT molecular complexity index is 885. The Kier molecular flexibility index (Phi) is 5.25. The molecular formula is C21H20ClNO2. The minimum atomic E-state index is -0.260. The molecule has 0 spiro atoms. The molecule has 0 unspecified atom stereocenters. The van der Waals surface area contributed by atoms with Gasteiger partial charge < -0.3 is 9.73 Å². The highest BCUT2D eigenvalue weighted by molar-refractivity contribution is 6.30.